The number of hydrogen-bond donors (Lipinski definition) is 0. The second kappa shape index (κ2) is 5.25. The minimum atomic E-state index is -4.48. The van der Waals surface area contributed by atoms with E-state index < -0.39 is 31.6 Å². The van der Waals surface area contributed by atoms with Crippen molar-refractivity contribution >= 4 is 0 Å². The van der Waals surface area contributed by atoms with Gasteiger partial charge in [0.15, 0.2) is 0 Å². The summed E-state index contributed by atoms with van der Waals surface area (Å²) < 4.78 is 67.6. The molecule has 0 atom stereocenters. The van der Waals surface area contributed by atoms with Gasteiger partial charge in [-0.15, -0.1) is 0 Å². The first-order valence-electron chi connectivity index (χ1n) is 2.84. The quantitative estimate of drug-likeness (QED) is 0.676. The van der Waals surface area contributed by atoms with E-state index >= 15 is 0 Å². The van der Waals surface area contributed by atoms with E-state index in [1.165, 1.54) is 0 Å². The summed E-state index contributed by atoms with van der Waals surface area (Å²) >= 11 is 0. The maximum atomic E-state index is 11.3. The molecule has 0 rings (SSSR count). The predicted octanol–water partition coefficient (Wildman–Crippen LogP) is 3.28. The van der Waals surface area contributed by atoms with E-state index in [1.807, 2.05) is 0 Å². The molecule has 0 amide bonds. The summed E-state index contributed by atoms with van der Waals surface area (Å²) in [5, 5.41) is 0. The maximum absolute atomic E-state index is 11.3. The van der Waals surface area contributed by atoms with Crippen molar-refractivity contribution in [3.63, 3.8) is 0 Å². The fourth-order valence-electron chi connectivity index (χ4n) is 0.489. The largest absolute Gasteiger partial charge is 0.389 e. The first-order chi connectivity index (χ1) is 4.71. The van der Waals surface area contributed by atoms with Gasteiger partial charge in [-0.1, -0.05) is 0 Å². The molecule has 7 heteroatoms. The van der Waals surface area contributed by atoms with Gasteiger partial charge < -0.3 is 0 Å². The maximum Gasteiger partial charge on any atom is 0.389 e. The summed E-state index contributed by atoms with van der Waals surface area (Å²) in [6.07, 6.45) is -12.6. The van der Waals surface area contributed by atoms with E-state index in [-0.39, 0.29) is 26.2 Å². The van der Waals surface area contributed by atoms with Gasteiger partial charge in [-0.2, -0.15) is 26.3 Å². The van der Waals surface area contributed by atoms with Crippen LogP contribution in [0.4, 0.5) is 26.3 Å². The molecule has 0 nitrogen and oxygen atoms in total. The van der Waals surface area contributed by atoms with E-state index in [4.69, 9.17) is 0 Å². The van der Waals surface area contributed by atoms with Crippen LogP contribution in [0, 0.1) is 0 Å². The third-order valence-corrected chi connectivity index (χ3v) is 0.921. The molecular formula is C5H6F6Zr. The van der Waals surface area contributed by atoms with Crippen molar-refractivity contribution in [2.45, 2.75) is 31.6 Å². The molecular weight excluding hydrogens is 265 g/mol. The molecule has 0 aromatic heterocycles. The molecule has 0 aliphatic rings. The van der Waals surface area contributed by atoms with Crippen LogP contribution in [0.25, 0.3) is 0 Å². The zero-order valence-electron chi connectivity index (χ0n) is 5.89. The molecule has 0 heterocycles. The first kappa shape index (κ1) is 15.0. The van der Waals surface area contributed by atoms with Crippen molar-refractivity contribution in [3.8, 4) is 0 Å². The molecule has 0 aromatic rings. The summed E-state index contributed by atoms with van der Waals surface area (Å²) in [4.78, 5) is 0. The number of hydrogen-bond acceptors (Lipinski definition) is 0. The van der Waals surface area contributed by atoms with Crippen LogP contribution in [0.1, 0.15) is 19.3 Å². The van der Waals surface area contributed by atoms with Crippen LogP contribution in [0.15, 0.2) is 0 Å². The van der Waals surface area contributed by atoms with Gasteiger partial charge in [-0.25, -0.2) is 0 Å². The molecule has 0 aliphatic heterocycles. The Morgan fingerprint density at radius 1 is 0.667 bits per heavy atom. The Labute approximate surface area is 84.4 Å². The van der Waals surface area contributed by atoms with Gasteiger partial charge >= 0.3 is 12.4 Å². The van der Waals surface area contributed by atoms with Crippen molar-refractivity contribution in [1.82, 2.24) is 0 Å². The second-order valence-corrected chi connectivity index (χ2v) is 2.08. The normalized spacial score (nSPS) is 12.5. The molecule has 0 bridgehead atoms. The van der Waals surface area contributed by atoms with Gasteiger partial charge in [-0.05, 0) is 6.42 Å². The average molecular weight is 271 g/mol. The Kier molecular flexibility index (Phi) is 6.54. The van der Waals surface area contributed by atoms with Gasteiger partial charge in [-0.3, -0.25) is 0 Å². The van der Waals surface area contributed by atoms with E-state index in [1.54, 1.807) is 0 Å². The Morgan fingerprint density at radius 3 is 1.08 bits per heavy atom. The van der Waals surface area contributed by atoms with Crippen LogP contribution in [0.2, 0.25) is 0 Å². The zero-order valence-corrected chi connectivity index (χ0v) is 8.35. The van der Waals surface area contributed by atoms with Crippen molar-refractivity contribution < 1.29 is 52.5 Å². The average Bonchev–Trinajstić information content (AvgIpc) is 1.55. The topological polar surface area (TPSA) is 0 Å². The SMILES string of the molecule is FC(F)(F)CCCC(F)(F)F.[Zr]. The van der Waals surface area contributed by atoms with Crippen LogP contribution in [0.5, 0.6) is 0 Å². The molecule has 12 heavy (non-hydrogen) atoms. The van der Waals surface area contributed by atoms with Crippen LogP contribution < -0.4 is 0 Å². The summed E-state index contributed by atoms with van der Waals surface area (Å²) in [7, 11) is 0. The Bertz CT molecular complexity index is 100. The summed E-state index contributed by atoms with van der Waals surface area (Å²) in [6.45, 7) is 0. The van der Waals surface area contributed by atoms with E-state index in [9.17, 15) is 26.3 Å². The standard InChI is InChI=1S/C5H6F6.Zr/c6-4(7,8)2-1-3-5(9,10)11;/h1-3H2;. The molecule has 0 aliphatic carbocycles. The molecule has 0 fully saturated rings. The van der Waals surface area contributed by atoms with Crippen molar-refractivity contribution in [2.75, 3.05) is 0 Å². The molecule has 0 spiro atoms. The Hall–Kier alpha value is 0.463. The monoisotopic (exact) mass is 270 g/mol. The smallest absolute Gasteiger partial charge is 0.171 e. The van der Waals surface area contributed by atoms with Gasteiger partial charge in [0, 0.05) is 39.0 Å². The minimum absolute atomic E-state index is 0. The van der Waals surface area contributed by atoms with E-state index in [2.05, 4.69) is 0 Å². The fraction of sp³-hybridized carbons (Fsp3) is 1.00. The van der Waals surface area contributed by atoms with Crippen molar-refractivity contribution in [3.05, 3.63) is 0 Å². The van der Waals surface area contributed by atoms with Gasteiger partial charge in [0.05, 0.1) is 0 Å². The molecule has 0 N–H and O–H groups in total. The first-order valence-corrected chi connectivity index (χ1v) is 2.84. The van der Waals surface area contributed by atoms with Crippen LogP contribution in [-0.2, 0) is 26.2 Å². The minimum Gasteiger partial charge on any atom is -0.171 e. The number of alkyl halides is 6. The summed E-state index contributed by atoms with van der Waals surface area (Å²) in [5.74, 6) is 0. The van der Waals surface area contributed by atoms with Crippen molar-refractivity contribution in [2.24, 2.45) is 0 Å². The van der Waals surface area contributed by atoms with Crippen LogP contribution in [-0.4, -0.2) is 12.4 Å². The van der Waals surface area contributed by atoms with Crippen molar-refractivity contribution in [1.29, 1.82) is 0 Å². The molecule has 0 saturated heterocycles. The third kappa shape index (κ3) is 13.1. The van der Waals surface area contributed by atoms with E-state index in [0.29, 0.717) is 0 Å². The van der Waals surface area contributed by atoms with Crippen LogP contribution >= 0.6 is 0 Å². The summed E-state index contributed by atoms with van der Waals surface area (Å²) in [6, 6.07) is 0. The molecule has 0 saturated carbocycles. The van der Waals surface area contributed by atoms with Crippen LogP contribution in [0.3, 0.4) is 0 Å². The predicted molar refractivity (Wildman–Crippen MR) is 26.0 cm³/mol. The molecule has 0 unspecified atom stereocenters. The fourth-order valence-corrected chi connectivity index (χ4v) is 0.489. The Balaban J connectivity index is 0. The van der Waals surface area contributed by atoms with Gasteiger partial charge in [0.1, 0.15) is 0 Å². The van der Waals surface area contributed by atoms with Gasteiger partial charge in [0.25, 0.3) is 0 Å². The molecule has 0 aromatic carbocycles. The molecule has 72 valence electrons. The number of rotatable bonds is 2. The van der Waals surface area contributed by atoms with Gasteiger partial charge in [0.2, 0.25) is 0 Å². The van der Waals surface area contributed by atoms with E-state index in [0.717, 1.165) is 0 Å². The zero-order chi connectivity index (χ0) is 9.12. The number of halogens is 6. The summed E-state index contributed by atoms with van der Waals surface area (Å²) in [5.41, 5.74) is 0. The third-order valence-electron chi connectivity index (χ3n) is 0.921. The molecule has 0 radical (unpaired) electrons. The second-order valence-electron chi connectivity index (χ2n) is 2.08. The Morgan fingerprint density at radius 2 is 0.917 bits per heavy atom.